The highest BCUT2D eigenvalue weighted by atomic mass is 19.1. The van der Waals surface area contributed by atoms with Gasteiger partial charge in [-0.25, -0.2) is 4.39 Å². The zero-order valence-corrected chi connectivity index (χ0v) is 16.2. The number of allylic oxidation sites excluding steroid dienone is 1. The van der Waals surface area contributed by atoms with Crippen molar-refractivity contribution < 1.29 is 18.6 Å². The minimum atomic E-state index is -0.436. The Morgan fingerprint density at radius 3 is 2.57 bits per heavy atom. The highest BCUT2D eigenvalue weighted by Gasteiger charge is 2.35. The van der Waals surface area contributed by atoms with E-state index in [0.29, 0.717) is 30.4 Å². The van der Waals surface area contributed by atoms with Crippen molar-refractivity contribution in [3.05, 3.63) is 88.2 Å². The molecule has 0 saturated carbocycles. The fourth-order valence-electron chi connectivity index (χ4n) is 3.40. The van der Waals surface area contributed by atoms with Crippen LogP contribution in [0, 0.1) is 17.1 Å². The predicted molar refractivity (Wildman–Crippen MR) is 106 cm³/mol. The van der Waals surface area contributed by atoms with Crippen molar-refractivity contribution in [3.8, 4) is 17.7 Å². The molecule has 0 radical (unpaired) electrons. The summed E-state index contributed by atoms with van der Waals surface area (Å²) in [6, 6.07) is 15.7. The Morgan fingerprint density at radius 1 is 1.17 bits per heavy atom. The van der Waals surface area contributed by atoms with E-state index in [2.05, 4.69) is 16.3 Å². The van der Waals surface area contributed by atoms with Crippen LogP contribution in [0.25, 0.3) is 0 Å². The van der Waals surface area contributed by atoms with Crippen molar-refractivity contribution in [1.29, 1.82) is 5.26 Å². The van der Waals surface area contributed by atoms with Crippen molar-refractivity contribution in [2.45, 2.75) is 19.1 Å². The molecule has 1 aliphatic rings. The van der Waals surface area contributed by atoms with Crippen LogP contribution in [-0.4, -0.2) is 17.3 Å². The fraction of sp³-hybridized carbons (Fsp3) is 0.182. The molecule has 0 aliphatic carbocycles. The van der Waals surface area contributed by atoms with Gasteiger partial charge in [-0.3, -0.25) is 5.10 Å². The molecule has 8 heteroatoms. The summed E-state index contributed by atoms with van der Waals surface area (Å²) in [5.74, 6) is 0.290. The molecule has 7 nitrogen and oxygen atoms in total. The molecule has 1 atom stereocenters. The molecular formula is C22H19FN4O3. The number of nitrogens with two attached hydrogens (primary N) is 1. The smallest absolute Gasteiger partial charge is 0.244 e. The third kappa shape index (κ3) is 3.71. The maximum absolute atomic E-state index is 13.0. The van der Waals surface area contributed by atoms with Gasteiger partial charge in [0.15, 0.2) is 0 Å². The molecule has 1 aromatic heterocycles. The Balaban J connectivity index is 1.60. The Kier molecular flexibility index (Phi) is 5.37. The van der Waals surface area contributed by atoms with Crippen molar-refractivity contribution in [2.75, 3.05) is 7.11 Å². The minimum absolute atomic E-state index is 0.0297. The van der Waals surface area contributed by atoms with Crippen molar-refractivity contribution >= 4 is 0 Å². The van der Waals surface area contributed by atoms with Gasteiger partial charge in [-0.2, -0.15) is 5.26 Å². The molecule has 2 aromatic carbocycles. The maximum atomic E-state index is 13.0. The fourth-order valence-corrected chi connectivity index (χ4v) is 3.40. The number of H-pyrrole nitrogens is 1. The van der Waals surface area contributed by atoms with Crippen molar-refractivity contribution in [3.63, 3.8) is 0 Å². The molecule has 3 N–H and O–H groups in total. The monoisotopic (exact) mass is 406 g/mol. The quantitative estimate of drug-likeness (QED) is 0.649. The van der Waals surface area contributed by atoms with Crippen molar-refractivity contribution in [1.82, 2.24) is 10.2 Å². The predicted octanol–water partition coefficient (Wildman–Crippen LogP) is 3.49. The van der Waals surface area contributed by atoms with E-state index in [0.717, 1.165) is 22.4 Å². The Morgan fingerprint density at radius 2 is 1.90 bits per heavy atom. The number of benzene rings is 2. The van der Waals surface area contributed by atoms with E-state index >= 15 is 0 Å². The number of nitrogens with zero attached hydrogens (tertiary/aromatic N) is 2. The second kappa shape index (κ2) is 8.27. The van der Waals surface area contributed by atoms with E-state index in [1.165, 1.54) is 12.1 Å². The van der Waals surface area contributed by atoms with E-state index in [1.54, 1.807) is 19.2 Å². The third-order valence-corrected chi connectivity index (χ3v) is 4.84. The van der Waals surface area contributed by atoms with Crippen LogP contribution in [0.1, 0.15) is 28.3 Å². The number of methoxy groups -OCH3 is 1. The van der Waals surface area contributed by atoms with Crippen LogP contribution in [0.5, 0.6) is 11.6 Å². The zero-order valence-electron chi connectivity index (χ0n) is 16.2. The molecule has 1 unspecified atom stereocenters. The van der Waals surface area contributed by atoms with Gasteiger partial charge in [-0.05, 0) is 35.4 Å². The molecule has 3 aromatic rings. The summed E-state index contributed by atoms with van der Waals surface area (Å²) < 4.78 is 29.5. The van der Waals surface area contributed by atoms with Crippen LogP contribution in [0.2, 0.25) is 0 Å². The van der Waals surface area contributed by atoms with Gasteiger partial charge in [0.1, 0.15) is 29.8 Å². The van der Waals surface area contributed by atoms with E-state index in [9.17, 15) is 9.65 Å². The SMILES string of the molecule is COCc1[nH]nc2c1C(c1ccc(OCc3ccc(F)cc3)cc1)C(C#N)=C(N)O2. The summed E-state index contributed by atoms with van der Waals surface area (Å²) in [7, 11) is 1.58. The van der Waals surface area contributed by atoms with E-state index in [-0.39, 0.29) is 11.7 Å². The lowest BCUT2D eigenvalue weighted by Crippen LogP contribution is -2.21. The molecule has 4 rings (SSSR count). The number of fused-ring (bicyclic) bond motifs is 1. The number of hydrogen-bond donors (Lipinski definition) is 2. The Hall–Kier alpha value is -3.83. The van der Waals surface area contributed by atoms with Crippen LogP contribution in [0.15, 0.2) is 60.0 Å². The molecular weight excluding hydrogens is 387 g/mol. The van der Waals surface area contributed by atoms with Crippen LogP contribution >= 0.6 is 0 Å². The van der Waals surface area contributed by atoms with Gasteiger partial charge >= 0.3 is 0 Å². The summed E-state index contributed by atoms with van der Waals surface area (Å²) in [5.41, 5.74) is 9.42. The normalized spacial score (nSPS) is 15.3. The molecule has 1 aliphatic heterocycles. The lowest BCUT2D eigenvalue weighted by Gasteiger charge is -2.24. The van der Waals surface area contributed by atoms with Gasteiger partial charge in [0, 0.05) is 7.11 Å². The first kappa shape index (κ1) is 19.5. The molecule has 0 fully saturated rings. The first-order chi connectivity index (χ1) is 14.6. The average molecular weight is 406 g/mol. The summed E-state index contributed by atoms with van der Waals surface area (Å²) in [4.78, 5) is 0. The number of halogens is 1. The molecule has 2 heterocycles. The maximum Gasteiger partial charge on any atom is 0.244 e. The topological polar surface area (TPSA) is 106 Å². The Bertz CT molecular complexity index is 1110. The van der Waals surface area contributed by atoms with Gasteiger partial charge in [-0.15, -0.1) is 5.10 Å². The van der Waals surface area contributed by atoms with E-state index < -0.39 is 5.92 Å². The highest BCUT2D eigenvalue weighted by molar-refractivity contribution is 5.55. The first-order valence-electron chi connectivity index (χ1n) is 9.21. The summed E-state index contributed by atoms with van der Waals surface area (Å²) in [6.45, 7) is 0.608. The lowest BCUT2D eigenvalue weighted by molar-refractivity contribution is 0.180. The summed E-state index contributed by atoms with van der Waals surface area (Å²) in [5, 5.41) is 16.7. The standard InChI is InChI=1S/C22H19FN4O3/c1-28-12-18-20-19(17(10-24)21(25)30-22(20)27-26-18)14-4-8-16(9-5-14)29-11-13-2-6-15(23)7-3-13/h2-9,19H,11-12,25H2,1H3,(H,26,27). The summed E-state index contributed by atoms with van der Waals surface area (Å²) in [6.07, 6.45) is 0. The average Bonchev–Trinajstić information content (AvgIpc) is 3.15. The number of nitrogens with one attached hydrogen (secondary N) is 1. The lowest BCUT2D eigenvalue weighted by atomic mass is 9.84. The van der Waals surface area contributed by atoms with Crippen LogP contribution in [0.3, 0.4) is 0 Å². The van der Waals surface area contributed by atoms with Gasteiger partial charge in [0.05, 0.1) is 23.8 Å². The minimum Gasteiger partial charge on any atom is -0.489 e. The number of nitriles is 1. The third-order valence-electron chi connectivity index (χ3n) is 4.84. The Labute approximate surface area is 172 Å². The van der Waals surface area contributed by atoms with Gasteiger partial charge < -0.3 is 19.9 Å². The number of rotatable bonds is 6. The summed E-state index contributed by atoms with van der Waals surface area (Å²) >= 11 is 0. The number of hydrogen-bond acceptors (Lipinski definition) is 6. The number of aromatic nitrogens is 2. The highest BCUT2D eigenvalue weighted by Crippen LogP contribution is 2.43. The molecule has 0 bridgehead atoms. The molecule has 30 heavy (non-hydrogen) atoms. The molecule has 0 spiro atoms. The number of ether oxygens (including phenoxy) is 3. The van der Waals surface area contributed by atoms with E-state index in [4.69, 9.17) is 19.9 Å². The van der Waals surface area contributed by atoms with E-state index in [1.807, 2.05) is 24.3 Å². The van der Waals surface area contributed by atoms with Crippen LogP contribution < -0.4 is 15.2 Å². The molecule has 0 saturated heterocycles. The van der Waals surface area contributed by atoms with Crippen LogP contribution in [-0.2, 0) is 18.0 Å². The molecule has 152 valence electrons. The zero-order chi connectivity index (χ0) is 21.1. The number of aromatic amines is 1. The van der Waals surface area contributed by atoms with Gasteiger partial charge in [0.25, 0.3) is 0 Å². The van der Waals surface area contributed by atoms with Gasteiger partial charge in [0.2, 0.25) is 11.8 Å². The van der Waals surface area contributed by atoms with Crippen molar-refractivity contribution in [2.24, 2.45) is 5.73 Å². The van der Waals surface area contributed by atoms with Crippen LogP contribution in [0.4, 0.5) is 4.39 Å². The first-order valence-corrected chi connectivity index (χ1v) is 9.21. The largest absolute Gasteiger partial charge is 0.489 e. The van der Waals surface area contributed by atoms with Gasteiger partial charge in [-0.1, -0.05) is 24.3 Å². The molecule has 0 amide bonds. The second-order valence-corrected chi connectivity index (χ2v) is 6.76. The second-order valence-electron chi connectivity index (χ2n) is 6.76.